The highest BCUT2D eigenvalue weighted by molar-refractivity contribution is 7.21. The molecular weight excluding hydrogens is 368 g/mol. The Labute approximate surface area is 170 Å². The van der Waals surface area contributed by atoms with Crippen molar-refractivity contribution >= 4 is 38.2 Å². The number of thiophene rings is 1. The molecule has 4 rings (SSSR count). The van der Waals surface area contributed by atoms with Crippen LogP contribution in [0.3, 0.4) is 0 Å². The number of carbonyl (C=O) groups excluding carboxylic acids is 1. The van der Waals surface area contributed by atoms with Gasteiger partial charge in [0.2, 0.25) is 0 Å². The summed E-state index contributed by atoms with van der Waals surface area (Å²) in [5.74, 6) is -0.0801. The molecule has 1 N–H and O–H groups in total. The molecule has 28 heavy (non-hydrogen) atoms. The Kier molecular flexibility index (Phi) is 7.59. The van der Waals surface area contributed by atoms with Crippen molar-refractivity contribution < 1.29 is 14.6 Å². The van der Waals surface area contributed by atoms with Gasteiger partial charge >= 0.3 is 5.97 Å². The maximum atomic E-state index is 12.2. The van der Waals surface area contributed by atoms with Crippen LogP contribution in [0.2, 0.25) is 0 Å². The van der Waals surface area contributed by atoms with Crippen LogP contribution in [0, 0.1) is 0 Å². The highest BCUT2D eigenvalue weighted by Crippen LogP contribution is 2.40. The fourth-order valence-corrected chi connectivity index (χ4v) is 4.10. The number of fused-ring (bicyclic) bond motifs is 2. The van der Waals surface area contributed by atoms with Gasteiger partial charge in [0.15, 0.2) is 0 Å². The minimum absolute atomic E-state index is 0.242. The Morgan fingerprint density at radius 3 is 2.25 bits per heavy atom. The lowest BCUT2D eigenvalue weighted by Crippen LogP contribution is -1.99. The fourth-order valence-electron chi connectivity index (χ4n) is 2.96. The number of phenolic OH excluding ortho intramolecular Hbond substituents is 1. The molecule has 0 saturated heterocycles. The quantitative estimate of drug-likeness (QED) is 0.364. The number of carbonyl (C=O) groups is 1. The molecule has 0 amide bonds. The van der Waals surface area contributed by atoms with Crippen molar-refractivity contribution in [3.8, 4) is 16.9 Å². The maximum Gasteiger partial charge on any atom is 0.348 e. The summed E-state index contributed by atoms with van der Waals surface area (Å²) >= 11 is 1.44. The van der Waals surface area contributed by atoms with Crippen LogP contribution < -0.4 is 0 Å². The minimum Gasteiger partial charge on any atom is -0.508 e. The molecule has 3 aromatic carbocycles. The van der Waals surface area contributed by atoms with E-state index in [9.17, 15) is 9.90 Å². The zero-order chi connectivity index (χ0) is 20.7. The summed E-state index contributed by atoms with van der Waals surface area (Å²) in [4.78, 5) is 12.8. The van der Waals surface area contributed by atoms with Gasteiger partial charge in [-0.2, -0.15) is 0 Å². The van der Waals surface area contributed by atoms with Gasteiger partial charge in [-0.05, 0) is 40.6 Å². The van der Waals surface area contributed by atoms with Crippen LogP contribution in [0.4, 0.5) is 0 Å². The number of ether oxygens (including phenoxy) is 1. The van der Waals surface area contributed by atoms with E-state index in [1.807, 2.05) is 76.2 Å². The van der Waals surface area contributed by atoms with Crippen LogP contribution in [-0.4, -0.2) is 18.2 Å². The topological polar surface area (TPSA) is 46.5 Å². The van der Waals surface area contributed by atoms with E-state index in [0.29, 0.717) is 4.88 Å². The van der Waals surface area contributed by atoms with Crippen molar-refractivity contribution in [1.29, 1.82) is 0 Å². The van der Waals surface area contributed by atoms with Crippen LogP contribution in [0.15, 0.2) is 60.7 Å². The van der Waals surface area contributed by atoms with E-state index >= 15 is 0 Å². The number of phenols is 1. The molecular formula is C24H26O3S. The third-order valence-corrected chi connectivity index (χ3v) is 5.23. The number of hydrogen-bond donors (Lipinski definition) is 1. The molecule has 0 fully saturated rings. The van der Waals surface area contributed by atoms with Crippen molar-refractivity contribution in [2.75, 3.05) is 7.11 Å². The van der Waals surface area contributed by atoms with Crippen LogP contribution >= 0.6 is 11.3 Å². The number of methoxy groups -OCH3 is 1. The monoisotopic (exact) mass is 394 g/mol. The molecule has 0 unspecified atom stereocenters. The second-order valence-corrected chi connectivity index (χ2v) is 6.59. The maximum absolute atomic E-state index is 12.2. The molecule has 3 nitrogen and oxygen atoms in total. The number of rotatable bonds is 2. The standard InChI is InChI=1S/C20H14O3S.2C2H6/c1-23-20(22)19-18(16-4-2-3-5-17(16)24-19)14-7-6-13-11-15(21)9-8-12(13)10-14;2*1-2/h2-11,21H,1H3;2*1-2H3. The van der Waals surface area contributed by atoms with Gasteiger partial charge in [0.1, 0.15) is 10.6 Å². The average molecular weight is 395 g/mol. The molecule has 1 aromatic heterocycles. The Hall–Kier alpha value is -2.85. The van der Waals surface area contributed by atoms with Crippen LogP contribution in [0.1, 0.15) is 37.4 Å². The average Bonchev–Trinajstić information content (AvgIpc) is 3.15. The predicted molar refractivity (Wildman–Crippen MR) is 120 cm³/mol. The normalized spacial score (nSPS) is 9.89. The van der Waals surface area contributed by atoms with Gasteiger partial charge in [-0.1, -0.05) is 64.1 Å². The molecule has 4 heteroatoms. The van der Waals surface area contributed by atoms with E-state index in [0.717, 1.165) is 32.0 Å². The van der Waals surface area contributed by atoms with Crippen LogP contribution in [0.5, 0.6) is 5.75 Å². The van der Waals surface area contributed by atoms with Gasteiger partial charge in [0.25, 0.3) is 0 Å². The van der Waals surface area contributed by atoms with Gasteiger partial charge in [-0.15, -0.1) is 11.3 Å². The van der Waals surface area contributed by atoms with E-state index in [4.69, 9.17) is 4.74 Å². The first-order chi connectivity index (χ1) is 13.7. The van der Waals surface area contributed by atoms with E-state index in [1.54, 1.807) is 12.1 Å². The van der Waals surface area contributed by atoms with E-state index < -0.39 is 0 Å². The SMILES string of the molecule is CC.CC.COC(=O)c1sc2ccccc2c1-c1ccc2cc(O)ccc2c1. The van der Waals surface area contributed by atoms with Crippen LogP contribution in [0.25, 0.3) is 32.0 Å². The third kappa shape index (κ3) is 4.18. The van der Waals surface area contributed by atoms with E-state index in [-0.39, 0.29) is 11.7 Å². The van der Waals surface area contributed by atoms with Crippen LogP contribution in [-0.2, 0) is 4.74 Å². The number of aromatic hydroxyl groups is 1. The lowest BCUT2D eigenvalue weighted by Gasteiger charge is -2.06. The lowest BCUT2D eigenvalue weighted by atomic mass is 9.98. The van der Waals surface area contributed by atoms with Crippen molar-refractivity contribution in [2.45, 2.75) is 27.7 Å². The van der Waals surface area contributed by atoms with Gasteiger partial charge < -0.3 is 9.84 Å². The zero-order valence-corrected chi connectivity index (χ0v) is 17.8. The largest absolute Gasteiger partial charge is 0.508 e. The van der Waals surface area contributed by atoms with Gasteiger partial charge in [-0.25, -0.2) is 4.79 Å². The molecule has 146 valence electrons. The van der Waals surface area contributed by atoms with Gasteiger partial charge in [0.05, 0.1) is 7.11 Å². The van der Waals surface area contributed by atoms with Gasteiger partial charge in [0, 0.05) is 15.6 Å². The summed E-state index contributed by atoms with van der Waals surface area (Å²) in [6.45, 7) is 8.00. The van der Waals surface area contributed by atoms with Crippen molar-refractivity contribution in [3.05, 3.63) is 65.5 Å². The van der Waals surface area contributed by atoms with E-state index in [1.165, 1.54) is 18.4 Å². The number of esters is 1. The number of benzene rings is 3. The summed E-state index contributed by atoms with van der Waals surface area (Å²) in [5, 5.41) is 12.6. The molecule has 0 aliphatic rings. The Morgan fingerprint density at radius 1 is 0.893 bits per heavy atom. The van der Waals surface area contributed by atoms with Crippen molar-refractivity contribution in [3.63, 3.8) is 0 Å². The molecule has 0 aliphatic carbocycles. The highest BCUT2D eigenvalue weighted by Gasteiger charge is 2.20. The van der Waals surface area contributed by atoms with Gasteiger partial charge in [-0.3, -0.25) is 0 Å². The summed E-state index contributed by atoms with van der Waals surface area (Å²) in [5.41, 5.74) is 1.86. The summed E-state index contributed by atoms with van der Waals surface area (Å²) in [6.07, 6.45) is 0. The summed E-state index contributed by atoms with van der Waals surface area (Å²) in [7, 11) is 1.40. The Morgan fingerprint density at radius 2 is 1.54 bits per heavy atom. The van der Waals surface area contributed by atoms with Crippen molar-refractivity contribution in [2.24, 2.45) is 0 Å². The lowest BCUT2D eigenvalue weighted by molar-refractivity contribution is 0.0607. The summed E-state index contributed by atoms with van der Waals surface area (Å²) in [6, 6.07) is 19.2. The molecule has 0 spiro atoms. The Bertz CT molecular complexity index is 1080. The zero-order valence-electron chi connectivity index (χ0n) is 16.9. The third-order valence-electron chi connectivity index (χ3n) is 4.08. The second-order valence-electron chi connectivity index (χ2n) is 5.54. The molecule has 0 radical (unpaired) electrons. The minimum atomic E-state index is -0.322. The first kappa shape index (κ1) is 21.5. The number of hydrogen-bond acceptors (Lipinski definition) is 4. The highest BCUT2D eigenvalue weighted by atomic mass is 32.1. The second kappa shape index (κ2) is 9.90. The Balaban J connectivity index is 0.000000660. The molecule has 1 heterocycles. The molecule has 0 saturated carbocycles. The molecule has 0 atom stereocenters. The molecule has 0 aliphatic heterocycles. The van der Waals surface area contributed by atoms with Crippen molar-refractivity contribution in [1.82, 2.24) is 0 Å². The first-order valence-electron chi connectivity index (χ1n) is 9.50. The molecule has 0 bridgehead atoms. The summed E-state index contributed by atoms with van der Waals surface area (Å²) < 4.78 is 6.02. The smallest absolute Gasteiger partial charge is 0.348 e. The first-order valence-corrected chi connectivity index (χ1v) is 10.3. The predicted octanol–water partition coefficient (Wildman–Crippen LogP) is 7.27. The fraction of sp³-hybridized carbons (Fsp3) is 0.208. The molecule has 4 aromatic rings. The van der Waals surface area contributed by atoms with E-state index in [2.05, 4.69) is 0 Å².